The predicted octanol–water partition coefficient (Wildman–Crippen LogP) is 3.46. The average molecular weight is 227 g/mol. The van der Waals surface area contributed by atoms with Crippen LogP contribution in [0.4, 0.5) is 0 Å². The summed E-state index contributed by atoms with van der Waals surface area (Å²) < 4.78 is 5.27. The molecule has 0 bridgehead atoms. The Labute approximate surface area is 96.8 Å². The summed E-state index contributed by atoms with van der Waals surface area (Å²) in [7, 11) is 0. The highest BCUT2D eigenvalue weighted by Crippen LogP contribution is 2.27. The van der Waals surface area contributed by atoms with E-state index in [0.29, 0.717) is 5.25 Å². The summed E-state index contributed by atoms with van der Waals surface area (Å²) in [5, 5.41) is 4.06. The lowest BCUT2D eigenvalue weighted by atomic mass is 10.1. The summed E-state index contributed by atoms with van der Waals surface area (Å²) in [6, 6.07) is 2.04. The van der Waals surface area contributed by atoms with Crippen LogP contribution in [-0.4, -0.2) is 17.3 Å². The van der Waals surface area contributed by atoms with E-state index in [1.54, 1.807) is 6.26 Å². The molecule has 1 heterocycles. The van der Waals surface area contributed by atoms with Crippen molar-refractivity contribution in [1.29, 1.82) is 0 Å². The Kier molecular flexibility index (Phi) is 4.29. The number of hydrogen-bond donors (Lipinski definition) is 1. The average Bonchev–Trinajstić information content (AvgIpc) is 2.47. The summed E-state index contributed by atoms with van der Waals surface area (Å²) in [5.74, 6) is 1.02. The van der Waals surface area contributed by atoms with Crippen molar-refractivity contribution in [3.63, 3.8) is 0 Å². The van der Waals surface area contributed by atoms with Crippen molar-refractivity contribution >= 4 is 11.8 Å². The highest BCUT2D eigenvalue weighted by Gasteiger charge is 2.13. The molecule has 1 N–H and O–H groups in total. The third-order valence-electron chi connectivity index (χ3n) is 2.06. The van der Waals surface area contributed by atoms with Crippen molar-refractivity contribution in [1.82, 2.24) is 5.32 Å². The monoisotopic (exact) mass is 227 g/mol. The largest absolute Gasteiger partial charge is 0.468 e. The molecule has 0 spiro atoms. The predicted molar refractivity (Wildman–Crippen MR) is 66.5 cm³/mol. The van der Waals surface area contributed by atoms with E-state index in [1.807, 2.05) is 24.8 Å². The van der Waals surface area contributed by atoms with Crippen molar-refractivity contribution in [3.05, 3.63) is 18.1 Å². The van der Waals surface area contributed by atoms with E-state index in [-0.39, 0.29) is 5.54 Å². The second-order valence-electron chi connectivity index (χ2n) is 4.90. The highest BCUT2D eigenvalue weighted by molar-refractivity contribution is 8.00. The number of rotatable bonds is 4. The summed E-state index contributed by atoms with van der Waals surface area (Å²) in [6.45, 7) is 11.8. The molecule has 3 heteroatoms. The van der Waals surface area contributed by atoms with Gasteiger partial charge in [0.05, 0.1) is 6.26 Å². The van der Waals surface area contributed by atoms with Gasteiger partial charge in [-0.3, -0.25) is 0 Å². The van der Waals surface area contributed by atoms with Crippen LogP contribution in [0.1, 0.15) is 33.5 Å². The zero-order valence-electron chi connectivity index (χ0n) is 10.3. The van der Waals surface area contributed by atoms with Gasteiger partial charge in [-0.2, -0.15) is 0 Å². The Morgan fingerprint density at radius 1 is 1.47 bits per heavy atom. The normalized spacial score (nSPS) is 14.2. The van der Waals surface area contributed by atoms with Gasteiger partial charge in [-0.05, 0) is 33.8 Å². The SMILES string of the molecule is Cc1occc1SC(C)CNC(C)(C)C. The van der Waals surface area contributed by atoms with Gasteiger partial charge in [0.15, 0.2) is 0 Å². The fraction of sp³-hybridized carbons (Fsp3) is 0.667. The standard InChI is InChI=1S/C12H21NOS/c1-9(8-13-12(3,4)5)15-11-6-7-14-10(11)2/h6-7,9,13H,8H2,1-5H3. The van der Waals surface area contributed by atoms with E-state index in [4.69, 9.17) is 4.42 Å². The van der Waals surface area contributed by atoms with E-state index in [0.717, 1.165) is 12.3 Å². The zero-order chi connectivity index (χ0) is 11.5. The van der Waals surface area contributed by atoms with E-state index in [9.17, 15) is 0 Å². The molecule has 1 rings (SSSR count). The fourth-order valence-corrected chi connectivity index (χ4v) is 2.15. The lowest BCUT2D eigenvalue weighted by molar-refractivity contribution is 0.429. The maximum absolute atomic E-state index is 5.27. The third-order valence-corrected chi connectivity index (χ3v) is 3.31. The number of aryl methyl sites for hydroxylation is 1. The molecule has 0 saturated heterocycles. The molecule has 1 aromatic heterocycles. The highest BCUT2D eigenvalue weighted by atomic mass is 32.2. The van der Waals surface area contributed by atoms with Crippen LogP contribution >= 0.6 is 11.8 Å². The minimum absolute atomic E-state index is 0.195. The molecule has 0 aromatic carbocycles. The summed E-state index contributed by atoms with van der Waals surface area (Å²) in [4.78, 5) is 1.25. The van der Waals surface area contributed by atoms with Crippen molar-refractivity contribution in [2.45, 2.75) is 50.3 Å². The topological polar surface area (TPSA) is 25.2 Å². The van der Waals surface area contributed by atoms with Crippen LogP contribution in [0.15, 0.2) is 21.6 Å². The maximum Gasteiger partial charge on any atom is 0.114 e. The molecular formula is C12H21NOS. The van der Waals surface area contributed by atoms with E-state index >= 15 is 0 Å². The Bertz CT molecular complexity index is 301. The van der Waals surface area contributed by atoms with Crippen LogP contribution in [0, 0.1) is 6.92 Å². The number of hydrogen-bond acceptors (Lipinski definition) is 3. The summed E-state index contributed by atoms with van der Waals surface area (Å²) in [5.41, 5.74) is 0.195. The Balaban J connectivity index is 2.37. The quantitative estimate of drug-likeness (QED) is 0.797. The minimum atomic E-state index is 0.195. The van der Waals surface area contributed by atoms with Gasteiger partial charge >= 0.3 is 0 Å². The number of nitrogens with one attached hydrogen (secondary N) is 1. The molecular weight excluding hydrogens is 206 g/mol. The molecule has 0 radical (unpaired) electrons. The molecule has 0 saturated carbocycles. The van der Waals surface area contributed by atoms with Crippen LogP contribution in [0.5, 0.6) is 0 Å². The van der Waals surface area contributed by atoms with Gasteiger partial charge in [-0.25, -0.2) is 0 Å². The first-order chi connectivity index (χ1) is 6.88. The molecule has 15 heavy (non-hydrogen) atoms. The smallest absolute Gasteiger partial charge is 0.114 e. The maximum atomic E-state index is 5.27. The minimum Gasteiger partial charge on any atom is -0.468 e. The van der Waals surface area contributed by atoms with Gasteiger partial charge in [0.1, 0.15) is 5.76 Å². The molecule has 86 valence electrons. The Hall–Kier alpha value is -0.410. The molecule has 0 fully saturated rings. The first-order valence-electron chi connectivity index (χ1n) is 5.34. The van der Waals surface area contributed by atoms with E-state index < -0.39 is 0 Å². The van der Waals surface area contributed by atoms with Gasteiger partial charge in [-0.15, -0.1) is 11.8 Å². The van der Waals surface area contributed by atoms with Crippen molar-refractivity contribution in [2.75, 3.05) is 6.54 Å². The van der Waals surface area contributed by atoms with Gasteiger partial charge in [0, 0.05) is 22.2 Å². The first-order valence-corrected chi connectivity index (χ1v) is 6.22. The number of thioether (sulfide) groups is 1. The van der Waals surface area contributed by atoms with Crippen molar-refractivity contribution in [2.24, 2.45) is 0 Å². The van der Waals surface area contributed by atoms with Gasteiger partial charge in [-0.1, -0.05) is 6.92 Å². The number of furan rings is 1. The van der Waals surface area contributed by atoms with Gasteiger partial charge in [0.2, 0.25) is 0 Å². The Morgan fingerprint density at radius 3 is 2.60 bits per heavy atom. The lowest BCUT2D eigenvalue weighted by Gasteiger charge is -2.23. The summed E-state index contributed by atoms with van der Waals surface area (Å²) >= 11 is 1.86. The molecule has 0 amide bonds. The molecule has 0 aliphatic carbocycles. The van der Waals surface area contributed by atoms with Gasteiger partial charge < -0.3 is 9.73 Å². The van der Waals surface area contributed by atoms with Crippen LogP contribution in [0.2, 0.25) is 0 Å². The third kappa shape index (κ3) is 4.76. The van der Waals surface area contributed by atoms with Gasteiger partial charge in [0.25, 0.3) is 0 Å². The molecule has 2 nitrogen and oxygen atoms in total. The van der Waals surface area contributed by atoms with E-state index in [1.165, 1.54) is 4.90 Å². The van der Waals surface area contributed by atoms with Crippen LogP contribution in [0.3, 0.4) is 0 Å². The molecule has 1 aromatic rings. The molecule has 1 atom stereocenters. The van der Waals surface area contributed by atoms with Crippen molar-refractivity contribution in [3.8, 4) is 0 Å². The van der Waals surface area contributed by atoms with Crippen molar-refractivity contribution < 1.29 is 4.42 Å². The van der Waals surface area contributed by atoms with E-state index in [2.05, 4.69) is 33.0 Å². The lowest BCUT2D eigenvalue weighted by Crippen LogP contribution is -2.39. The molecule has 0 aliphatic rings. The molecule has 0 aliphatic heterocycles. The van der Waals surface area contributed by atoms with Crippen LogP contribution in [0.25, 0.3) is 0 Å². The van der Waals surface area contributed by atoms with Crippen LogP contribution < -0.4 is 5.32 Å². The second-order valence-corrected chi connectivity index (χ2v) is 6.38. The molecule has 1 unspecified atom stereocenters. The zero-order valence-corrected chi connectivity index (χ0v) is 11.1. The second kappa shape index (κ2) is 5.08. The van der Waals surface area contributed by atoms with Crippen LogP contribution in [-0.2, 0) is 0 Å². The fourth-order valence-electron chi connectivity index (χ4n) is 1.20. The first kappa shape index (κ1) is 12.7. The Morgan fingerprint density at radius 2 is 2.13 bits per heavy atom. The summed E-state index contributed by atoms with van der Waals surface area (Å²) in [6.07, 6.45) is 1.75.